The summed E-state index contributed by atoms with van der Waals surface area (Å²) in [5.74, 6) is 0.546. The van der Waals surface area contributed by atoms with Crippen LogP contribution in [0.2, 0.25) is 0 Å². The van der Waals surface area contributed by atoms with Gasteiger partial charge in [0.25, 0.3) is 5.91 Å². The lowest BCUT2D eigenvalue weighted by Gasteiger charge is -2.32. The van der Waals surface area contributed by atoms with Crippen LogP contribution in [-0.2, 0) is 4.79 Å². The zero-order valence-electron chi connectivity index (χ0n) is 17.8. The van der Waals surface area contributed by atoms with Gasteiger partial charge in [0.05, 0.1) is 18.8 Å². The Morgan fingerprint density at radius 3 is 2.35 bits per heavy atom. The number of para-hydroxylation sites is 2. The van der Waals surface area contributed by atoms with E-state index in [4.69, 9.17) is 9.47 Å². The number of carbonyl (C=O) groups excluding carboxylic acids is 2. The smallest absolute Gasteiger partial charge is 0.256 e. The minimum absolute atomic E-state index is 0.0248. The first-order chi connectivity index (χ1) is 15.1. The number of ether oxygens (including phenoxy) is 2. The number of likely N-dealkylation sites (tertiary alicyclic amines) is 1. The van der Waals surface area contributed by atoms with Gasteiger partial charge in [-0.05, 0) is 50.5 Å². The highest BCUT2D eigenvalue weighted by Crippen LogP contribution is 2.26. The molecule has 0 radical (unpaired) electrons. The van der Waals surface area contributed by atoms with Gasteiger partial charge in [0.2, 0.25) is 5.91 Å². The molecule has 7 heteroatoms. The zero-order valence-corrected chi connectivity index (χ0v) is 17.8. The van der Waals surface area contributed by atoms with E-state index in [9.17, 15) is 14.0 Å². The predicted octanol–water partition coefficient (Wildman–Crippen LogP) is 3.80. The van der Waals surface area contributed by atoms with Crippen molar-refractivity contribution in [2.75, 3.05) is 26.3 Å². The van der Waals surface area contributed by atoms with Gasteiger partial charge < -0.3 is 19.7 Å². The number of carbonyl (C=O) groups is 2. The van der Waals surface area contributed by atoms with E-state index in [-0.39, 0.29) is 23.4 Å². The molecule has 2 amide bonds. The van der Waals surface area contributed by atoms with Gasteiger partial charge in [-0.1, -0.05) is 24.3 Å². The predicted molar refractivity (Wildman–Crippen MR) is 116 cm³/mol. The van der Waals surface area contributed by atoms with Gasteiger partial charge in [-0.2, -0.15) is 0 Å². The number of halogens is 1. The van der Waals surface area contributed by atoms with Gasteiger partial charge in [-0.25, -0.2) is 4.39 Å². The summed E-state index contributed by atoms with van der Waals surface area (Å²) in [5.41, 5.74) is 0.0934. The summed E-state index contributed by atoms with van der Waals surface area (Å²) in [7, 11) is 0. The Hall–Kier alpha value is -3.09. The number of hydrogen-bond donors (Lipinski definition) is 1. The molecule has 0 spiro atoms. The van der Waals surface area contributed by atoms with Crippen LogP contribution in [0.4, 0.5) is 4.39 Å². The fourth-order valence-electron chi connectivity index (χ4n) is 3.59. The molecule has 166 valence electrons. The molecule has 31 heavy (non-hydrogen) atoms. The Kier molecular flexibility index (Phi) is 8.27. The quantitative estimate of drug-likeness (QED) is 0.617. The number of benzene rings is 2. The lowest BCUT2D eigenvalue weighted by Crippen LogP contribution is -2.46. The lowest BCUT2D eigenvalue weighted by atomic mass is 10.0. The number of rotatable bonds is 9. The van der Waals surface area contributed by atoms with Crippen molar-refractivity contribution in [1.82, 2.24) is 10.2 Å². The average Bonchev–Trinajstić information content (AvgIpc) is 2.78. The first kappa shape index (κ1) is 22.6. The molecule has 0 aliphatic carbocycles. The minimum atomic E-state index is -0.506. The van der Waals surface area contributed by atoms with E-state index in [0.29, 0.717) is 63.5 Å². The van der Waals surface area contributed by atoms with Crippen LogP contribution >= 0.6 is 0 Å². The molecule has 1 N–H and O–H groups in total. The standard InChI is InChI=1S/C24H29FN2O4/c1-2-30-21-10-5-6-11-22(21)31-17-7-12-23(28)26-18-13-15-27(16-14-18)24(29)19-8-3-4-9-20(19)25/h3-6,8-11,18H,2,7,12-17H2,1H3,(H,26,28). The largest absolute Gasteiger partial charge is 0.490 e. The fraction of sp³-hybridized carbons (Fsp3) is 0.417. The molecular weight excluding hydrogens is 399 g/mol. The highest BCUT2D eigenvalue weighted by molar-refractivity contribution is 5.94. The molecule has 1 fully saturated rings. The molecule has 0 bridgehead atoms. The molecule has 6 nitrogen and oxygen atoms in total. The average molecular weight is 429 g/mol. The van der Waals surface area contributed by atoms with E-state index in [0.717, 1.165) is 0 Å². The third kappa shape index (κ3) is 6.44. The minimum Gasteiger partial charge on any atom is -0.490 e. The van der Waals surface area contributed by atoms with Crippen molar-refractivity contribution in [3.63, 3.8) is 0 Å². The molecular formula is C24H29FN2O4. The van der Waals surface area contributed by atoms with Crippen molar-refractivity contribution in [3.05, 3.63) is 59.9 Å². The van der Waals surface area contributed by atoms with Crippen molar-refractivity contribution < 1.29 is 23.5 Å². The maximum Gasteiger partial charge on any atom is 0.256 e. The lowest BCUT2D eigenvalue weighted by molar-refractivity contribution is -0.122. The van der Waals surface area contributed by atoms with Crippen LogP contribution in [0, 0.1) is 5.82 Å². The number of amides is 2. The van der Waals surface area contributed by atoms with Crippen molar-refractivity contribution in [1.29, 1.82) is 0 Å². The molecule has 0 saturated carbocycles. The van der Waals surface area contributed by atoms with Crippen LogP contribution in [0.5, 0.6) is 11.5 Å². The summed E-state index contributed by atoms with van der Waals surface area (Å²) in [6.07, 6.45) is 2.27. The van der Waals surface area contributed by atoms with Crippen LogP contribution in [0.25, 0.3) is 0 Å². The molecule has 1 saturated heterocycles. The Bertz CT molecular complexity index is 881. The second kappa shape index (κ2) is 11.3. The molecule has 0 aromatic heterocycles. The van der Waals surface area contributed by atoms with Crippen LogP contribution in [-0.4, -0.2) is 49.1 Å². The van der Waals surface area contributed by atoms with Crippen LogP contribution in [0.1, 0.15) is 43.0 Å². The molecule has 0 atom stereocenters. The molecule has 1 aliphatic rings. The number of nitrogens with one attached hydrogen (secondary N) is 1. The first-order valence-electron chi connectivity index (χ1n) is 10.8. The summed E-state index contributed by atoms with van der Waals surface area (Å²) in [4.78, 5) is 26.4. The van der Waals surface area contributed by atoms with Gasteiger partial charge in [-0.3, -0.25) is 9.59 Å². The van der Waals surface area contributed by atoms with Gasteiger partial charge in [0.15, 0.2) is 11.5 Å². The van der Waals surface area contributed by atoms with Crippen molar-refractivity contribution >= 4 is 11.8 Å². The Labute approximate surface area is 182 Å². The van der Waals surface area contributed by atoms with Crippen molar-refractivity contribution in [3.8, 4) is 11.5 Å². The van der Waals surface area contributed by atoms with E-state index in [1.807, 2.05) is 31.2 Å². The van der Waals surface area contributed by atoms with E-state index < -0.39 is 5.82 Å². The maximum atomic E-state index is 13.8. The SMILES string of the molecule is CCOc1ccccc1OCCCC(=O)NC1CCN(C(=O)c2ccccc2F)CC1. The summed E-state index contributed by atoms with van der Waals surface area (Å²) in [6, 6.07) is 13.5. The van der Waals surface area contributed by atoms with Gasteiger partial charge in [-0.15, -0.1) is 0 Å². The Balaban J connectivity index is 1.36. The topological polar surface area (TPSA) is 67.9 Å². The molecule has 0 unspecified atom stereocenters. The second-order valence-electron chi connectivity index (χ2n) is 7.45. The third-order valence-electron chi connectivity index (χ3n) is 5.21. The number of nitrogens with zero attached hydrogens (tertiary/aromatic N) is 1. The Morgan fingerprint density at radius 1 is 1.03 bits per heavy atom. The van der Waals surface area contributed by atoms with Gasteiger partial charge in [0.1, 0.15) is 5.82 Å². The summed E-state index contributed by atoms with van der Waals surface area (Å²) < 4.78 is 25.1. The van der Waals surface area contributed by atoms with Gasteiger partial charge >= 0.3 is 0 Å². The van der Waals surface area contributed by atoms with Crippen LogP contribution < -0.4 is 14.8 Å². The van der Waals surface area contributed by atoms with Crippen molar-refractivity contribution in [2.45, 2.75) is 38.6 Å². The molecule has 2 aromatic rings. The van der Waals surface area contributed by atoms with E-state index in [2.05, 4.69) is 5.32 Å². The van der Waals surface area contributed by atoms with Crippen molar-refractivity contribution in [2.24, 2.45) is 0 Å². The molecule has 1 aliphatic heterocycles. The monoisotopic (exact) mass is 428 g/mol. The fourth-order valence-corrected chi connectivity index (χ4v) is 3.59. The second-order valence-corrected chi connectivity index (χ2v) is 7.45. The summed E-state index contributed by atoms with van der Waals surface area (Å²) in [6.45, 7) is 3.90. The summed E-state index contributed by atoms with van der Waals surface area (Å²) >= 11 is 0. The Morgan fingerprint density at radius 2 is 1.68 bits per heavy atom. The van der Waals surface area contributed by atoms with E-state index in [1.54, 1.807) is 17.0 Å². The van der Waals surface area contributed by atoms with Crippen LogP contribution in [0.15, 0.2) is 48.5 Å². The maximum absolute atomic E-state index is 13.8. The van der Waals surface area contributed by atoms with Gasteiger partial charge in [0, 0.05) is 25.6 Å². The van der Waals surface area contributed by atoms with Crippen LogP contribution in [0.3, 0.4) is 0 Å². The molecule has 2 aromatic carbocycles. The highest BCUT2D eigenvalue weighted by Gasteiger charge is 2.25. The summed E-state index contributed by atoms with van der Waals surface area (Å²) in [5, 5.41) is 3.03. The number of hydrogen-bond acceptors (Lipinski definition) is 4. The third-order valence-corrected chi connectivity index (χ3v) is 5.21. The first-order valence-corrected chi connectivity index (χ1v) is 10.8. The van der Waals surface area contributed by atoms with E-state index in [1.165, 1.54) is 12.1 Å². The molecule has 1 heterocycles. The zero-order chi connectivity index (χ0) is 22.1. The normalized spacial score (nSPS) is 14.2. The number of piperidine rings is 1. The highest BCUT2D eigenvalue weighted by atomic mass is 19.1. The van der Waals surface area contributed by atoms with E-state index >= 15 is 0 Å². The molecule has 3 rings (SSSR count).